The number of alkyl halides is 1. The van der Waals surface area contributed by atoms with Gasteiger partial charge < -0.3 is 0 Å². The van der Waals surface area contributed by atoms with Crippen LogP contribution in [0.4, 0.5) is 4.39 Å². The lowest BCUT2D eigenvalue weighted by Gasteiger charge is -2.01. The van der Waals surface area contributed by atoms with Crippen LogP contribution in [-0.4, -0.2) is 30.5 Å². The summed E-state index contributed by atoms with van der Waals surface area (Å²) in [5.74, 6) is -5.30. The van der Waals surface area contributed by atoms with E-state index in [-0.39, 0.29) is 0 Å². The van der Waals surface area contributed by atoms with Crippen molar-refractivity contribution in [2.24, 2.45) is 0 Å². The first-order chi connectivity index (χ1) is 5.99. The lowest BCUT2D eigenvalue weighted by Crippen LogP contribution is -2.39. The molecular weight excluding hydrogens is 191 g/mol. The molecule has 0 atom stereocenters. The van der Waals surface area contributed by atoms with Gasteiger partial charge in [0.25, 0.3) is 0 Å². The smallest absolute Gasteiger partial charge is 0.256 e. The number of halogens is 1. The SMILES string of the molecule is O=[N+]([O-])C(F)(c1nn[nH]n1)[N+](=O)[O-]. The predicted molar refractivity (Wildman–Crippen MR) is 31.0 cm³/mol. The van der Waals surface area contributed by atoms with Gasteiger partial charge in [-0.1, -0.05) is 9.49 Å². The minimum absolute atomic E-state index is 1.25. The fraction of sp³-hybridized carbons (Fsp3) is 0.500. The highest BCUT2D eigenvalue weighted by Crippen LogP contribution is 2.22. The highest BCUT2D eigenvalue weighted by Gasteiger charge is 2.65. The fourth-order valence-corrected chi connectivity index (χ4v) is 0.527. The number of aromatic amines is 1. The molecule has 0 aliphatic heterocycles. The molecule has 0 aliphatic rings. The van der Waals surface area contributed by atoms with Crippen LogP contribution in [0.1, 0.15) is 5.82 Å². The Kier molecular flexibility index (Phi) is 1.84. The standard InChI is InChI=1S/C2HFN6O4/c3-2(8(10)11,9(12)13)1-4-6-7-5-1/h(H,4,5,6,7). The van der Waals surface area contributed by atoms with Crippen molar-refractivity contribution in [2.45, 2.75) is 5.92 Å². The van der Waals surface area contributed by atoms with Gasteiger partial charge in [0, 0.05) is 0 Å². The molecule has 1 heterocycles. The number of nitrogens with zero attached hydrogens (tertiary/aromatic N) is 5. The molecular formula is C2HFN6O4. The number of hydrogen-bond donors (Lipinski definition) is 1. The molecule has 0 aliphatic carbocycles. The summed E-state index contributed by atoms with van der Waals surface area (Å²) in [5, 5.41) is 30.1. The molecule has 0 aromatic carbocycles. The van der Waals surface area contributed by atoms with E-state index in [1.165, 1.54) is 0 Å². The second kappa shape index (κ2) is 2.69. The van der Waals surface area contributed by atoms with Gasteiger partial charge in [0.15, 0.2) is 0 Å². The lowest BCUT2D eigenvalue weighted by molar-refractivity contribution is -0.847. The van der Waals surface area contributed by atoms with E-state index < -0.39 is 21.6 Å². The van der Waals surface area contributed by atoms with Crippen molar-refractivity contribution < 1.29 is 14.2 Å². The van der Waals surface area contributed by atoms with E-state index in [1.807, 2.05) is 0 Å². The van der Waals surface area contributed by atoms with Crippen molar-refractivity contribution in [3.05, 3.63) is 26.1 Å². The van der Waals surface area contributed by atoms with Crippen LogP contribution >= 0.6 is 0 Å². The first kappa shape index (κ1) is 8.89. The number of aromatic nitrogens is 4. The van der Waals surface area contributed by atoms with E-state index >= 15 is 0 Å². The van der Waals surface area contributed by atoms with Gasteiger partial charge >= 0.3 is 11.7 Å². The van der Waals surface area contributed by atoms with Crippen molar-refractivity contribution in [2.75, 3.05) is 0 Å². The molecule has 0 saturated carbocycles. The Morgan fingerprint density at radius 2 is 1.92 bits per heavy atom. The van der Waals surface area contributed by atoms with Crippen LogP contribution in [0.3, 0.4) is 0 Å². The van der Waals surface area contributed by atoms with Crippen molar-refractivity contribution >= 4 is 0 Å². The molecule has 0 unspecified atom stereocenters. The van der Waals surface area contributed by atoms with Gasteiger partial charge in [-0.3, -0.25) is 20.2 Å². The minimum Gasteiger partial charge on any atom is -0.256 e. The van der Waals surface area contributed by atoms with E-state index in [1.54, 1.807) is 5.21 Å². The van der Waals surface area contributed by atoms with Gasteiger partial charge in [-0.2, -0.15) is 5.21 Å². The summed E-state index contributed by atoms with van der Waals surface area (Å²) in [7, 11) is 0. The topological polar surface area (TPSA) is 141 Å². The molecule has 1 aromatic heterocycles. The Labute approximate surface area is 68.0 Å². The maximum Gasteiger partial charge on any atom is 0.681 e. The normalized spacial score (nSPS) is 11.2. The quantitative estimate of drug-likeness (QED) is 0.275. The van der Waals surface area contributed by atoms with Crippen LogP contribution in [0.2, 0.25) is 0 Å². The van der Waals surface area contributed by atoms with Gasteiger partial charge in [-0.05, 0) is 5.21 Å². The molecule has 13 heavy (non-hydrogen) atoms. The van der Waals surface area contributed by atoms with Gasteiger partial charge in [0.1, 0.15) is 9.85 Å². The Hall–Kier alpha value is -2.20. The summed E-state index contributed by atoms with van der Waals surface area (Å²) in [6.07, 6.45) is 0. The zero-order chi connectivity index (χ0) is 10.1. The third kappa shape index (κ3) is 1.15. The van der Waals surface area contributed by atoms with Gasteiger partial charge in [-0.15, -0.1) is 5.10 Å². The van der Waals surface area contributed by atoms with Crippen LogP contribution in [0.15, 0.2) is 0 Å². The molecule has 0 radical (unpaired) electrons. The third-order valence-electron chi connectivity index (χ3n) is 1.11. The zero-order valence-electron chi connectivity index (χ0n) is 5.75. The molecule has 70 valence electrons. The molecule has 11 heteroatoms. The molecule has 0 amide bonds. The van der Waals surface area contributed by atoms with Crippen LogP contribution in [0, 0.1) is 20.2 Å². The summed E-state index contributed by atoms with van der Waals surface area (Å²) >= 11 is 0. The molecule has 0 bridgehead atoms. The summed E-state index contributed by atoms with van der Waals surface area (Å²) in [6.45, 7) is 0. The van der Waals surface area contributed by atoms with Crippen LogP contribution in [-0.2, 0) is 5.92 Å². The number of hydrogen-bond acceptors (Lipinski definition) is 7. The molecule has 1 N–H and O–H groups in total. The highest BCUT2D eigenvalue weighted by atomic mass is 19.2. The van der Waals surface area contributed by atoms with Crippen molar-refractivity contribution in [1.82, 2.24) is 20.6 Å². The third-order valence-corrected chi connectivity index (χ3v) is 1.11. The van der Waals surface area contributed by atoms with Gasteiger partial charge in [0.2, 0.25) is 0 Å². The molecule has 0 spiro atoms. The largest absolute Gasteiger partial charge is 0.681 e. The van der Waals surface area contributed by atoms with E-state index in [4.69, 9.17) is 0 Å². The van der Waals surface area contributed by atoms with E-state index in [0.29, 0.717) is 0 Å². The van der Waals surface area contributed by atoms with Crippen LogP contribution in [0.25, 0.3) is 0 Å². The van der Waals surface area contributed by atoms with E-state index in [9.17, 15) is 24.6 Å². The Bertz CT molecular complexity index is 320. The lowest BCUT2D eigenvalue weighted by atomic mass is 10.4. The Morgan fingerprint density at radius 1 is 1.38 bits per heavy atom. The number of tetrazole rings is 1. The summed E-state index contributed by atoms with van der Waals surface area (Å²) in [6, 6.07) is 0. The van der Waals surface area contributed by atoms with Gasteiger partial charge in [-0.25, -0.2) is 0 Å². The first-order valence-corrected chi connectivity index (χ1v) is 2.71. The Morgan fingerprint density at radius 3 is 2.23 bits per heavy atom. The molecule has 10 nitrogen and oxygen atoms in total. The second-order valence-electron chi connectivity index (χ2n) is 1.84. The van der Waals surface area contributed by atoms with E-state index in [2.05, 4.69) is 15.4 Å². The molecule has 0 saturated heterocycles. The van der Waals surface area contributed by atoms with Crippen molar-refractivity contribution in [3.63, 3.8) is 0 Å². The van der Waals surface area contributed by atoms with Crippen LogP contribution < -0.4 is 0 Å². The maximum atomic E-state index is 13.0. The Balaban J connectivity index is 3.21. The van der Waals surface area contributed by atoms with Crippen molar-refractivity contribution in [1.29, 1.82) is 0 Å². The first-order valence-electron chi connectivity index (χ1n) is 2.71. The molecule has 0 fully saturated rings. The van der Waals surface area contributed by atoms with E-state index in [0.717, 1.165) is 0 Å². The summed E-state index contributed by atoms with van der Waals surface area (Å²) in [4.78, 5) is 16.6. The average Bonchev–Trinajstić information content (AvgIpc) is 2.54. The summed E-state index contributed by atoms with van der Waals surface area (Å²) < 4.78 is 13.0. The predicted octanol–water partition coefficient (Wildman–Crippen LogP) is -1.17. The number of rotatable bonds is 3. The minimum atomic E-state index is -4.05. The second-order valence-corrected chi connectivity index (χ2v) is 1.84. The number of nitrogens with one attached hydrogen (secondary N) is 1. The highest BCUT2D eigenvalue weighted by molar-refractivity contribution is 4.82. The monoisotopic (exact) mass is 192 g/mol. The van der Waals surface area contributed by atoms with Gasteiger partial charge in [0.05, 0.1) is 0 Å². The number of H-pyrrole nitrogens is 1. The molecule has 1 aromatic rings. The summed E-state index contributed by atoms with van der Waals surface area (Å²) in [5.41, 5.74) is 0. The number of nitro groups is 2. The fourth-order valence-electron chi connectivity index (χ4n) is 0.527. The average molecular weight is 192 g/mol. The van der Waals surface area contributed by atoms with Crippen LogP contribution in [0.5, 0.6) is 0 Å². The maximum absolute atomic E-state index is 13.0. The molecule has 1 rings (SSSR count). The zero-order valence-corrected chi connectivity index (χ0v) is 5.75. The van der Waals surface area contributed by atoms with Crippen molar-refractivity contribution in [3.8, 4) is 0 Å².